The van der Waals surface area contributed by atoms with Crippen molar-refractivity contribution < 1.29 is 9.53 Å². The molecule has 0 unspecified atom stereocenters. The number of fused-ring (bicyclic) bond motifs is 2. The van der Waals surface area contributed by atoms with Crippen molar-refractivity contribution >= 4 is 16.8 Å². The standard InChI is InChI=1S/C20H19N3O3/c1-13-19(24)22(11-14-7-9-15(26-2)10-8-14)12-18-21-17-6-4-3-5-16(17)20(25)23(13)18/h3-10,13H,11-12H2,1-2H3/t13-/m0/s1. The van der Waals surface area contributed by atoms with Crippen LogP contribution in [0.4, 0.5) is 0 Å². The molecular formula is C20H19N3O3. The fraction of sp³-hybridized carbons (Fsp3) is 0.250. The second-order valence-electron chi connectivity index (χ2n) is 6.44. The first-order valence-corrected chi connectivity index (χ1v) is 8.50. The van der Waals surface area contributed by atoms with Gasteiger partial charge in [0, 0.05) is 6.54 Å². The normalized spacial score (nSPS) is 16.6. The maximum Gasteiger partial charge on any atom is 0.262 e. The van der Waals surface area contributed by atoms with E-state index in [2.05, 4.69) is 4.98 Å². The summed E-state index contributed by atoms with van der Waals surface area (Å²) < 4.78 is 6.69. The Balaban J connectivity index is 1.71. The van der Waals surface area contributed by atoms with Crippen LogP contribution in [0.15, 0.2) is 53.3 Å². The Morgan fingerprint density at radius 1 is 1.12 bits per heavy atom. The highest BCUT2D eigenvalue weighted by molar-refractivity contribution is 5.83. The lowest BCUT2D eigenvalue weighted by Gasteiger charge is -2.33. The molecule has 132 valence electrons. The number of methoxy groups -OCH3 is 1. The van der Waals surface area contributed by atoms with Gasteiger partial charge in [0.15, 0.2) is 0 Å². The van der Waals surface area contributed by atoms with Gasteiger partial charge in [-0.05, 0) is 36.8 Å². The van der Waals surface area contributed by atoms with Crippen LogP contribution in [0.5, 0.6) is 5.75 Å². The van der Waals surface area contributed by atoms with Crippen molar-refractivity contribution in [2.75, 3.05) is 7.11 Å². The number of carbonyl (C=O) groups excluding carboxylic acids is 1. The molecule has 6 heteroatoms. The summed E-state index contributed by atoms with van der Waals surface area (Å²) in [6, 6.07) is 14.3. The minimum atomic E-state index is -0.568. The van der Waals surface area contributed by atoms with Crippen LogP contribution in [0.1, 0.15) is 24.4 Å². The van der Waals surface area contributed by atoms with Crippen LogP contribution in [-0.4, -0.2) is 27.5 Å². The summed E-state index contributed by atoms with van der Waals surface area (Å²) >= 11 is 0. The Morgan fingerprint density at radius 2 is 1.85 bits per heavy atom. The number of amides is 1. The van der Waals surface area contributed by atoms with Gasteiger partial charge in [0.2, 0.25) is 5.91 Å². The minimum Gasteiger partial charge on any atom is -0.497 e. The van der Waals surface area contributed by atoms with Gasteiger partial charge in [0.1, 0.15) is 17.6 Å². The summed E-state index contributed by atoms with van der Waals surface area (Å²) in [6.07, 6.45) is 0. The van der Waals surface area contributed by atoms with Crippen LogP contribution >= 0.6 is 0 Å². The molecule has 0 aliphatic carbocycles. The van der Waals surface area contributed by atoms with Crippen molar-refractivity contribution in [2.45, 2.75) is 26.1 Å². The van der Waals surface area contributed by atoms with E-state index in [0.29, 0.717) is 29.8 Å². The molecule has 6 nitrogen and oxygen atoms in total. The summed E-state index contributed by atoms with van der Waals surface area (Å²) in [5.41, 5.74) is 1.51. The van der Waals surface area contributed by atoms with E-state index >= 15 is 0 Å². The SMILES string of the molecule is COc1ccc(CN2Cc3nc4ccccc4c(=O)n3[C@@H](C)C2=O)cc1. The van der Waals surface area contributed by atoms with E-state index in [-0.39, 0.29) is 11.5 Å². The molecule has 2 heterocycles. The summed E-state index contributed by atoms with van der Waals surface area (Å²) in [5.74, 6) is 1.32. The molecule has 0 radical (unpaired) electrons. The third-order valence-corrected chi connectivity index (χ3v) is 4.80. The van der Waals surface area contributed by atoms with Gasteiger partial charge in [-0.15, -0.1) is 0 Å². The molecule has 26 heavy (non-hydrogen) atoms. The topological polar surface area (TPSA) is 64.4 Å². The second-order valence-corrected chi connectivity index (χ2v) is 6.44. The zero-order valence-electron chi connectivity index (χ0n) is 14.7. The third kappa shape index (κ3) is 2.63. The monoisotopic (exact) mass is 349 g/mol. The first-order chi connectivity index (χ1) is 12.6. The number of ether oxygens (including phenoxy) is 1. The summed E-state index contributed by atoms with van der Waals surface area (Å²) in [4.78, 5) is 32.0. The highest BCUT2D eigenvalue weighted by Gasteiger charge is 2.32. The molecule has 1 aromatic heterocycles. The van der Waals surface area contributed by atoms with E-state index in [1.165, 1.54) is 4.57 Å². The minimum absolute atomic E-state index is 0.0764. The maximum absolute atomic E-state index is 12.8. The number of hydrogen-bond acceptors (Lipinski definition) is 4. The molecular weight excluding hydrogens is 330 g/mol. The highest BCUT2D eigenvalue weighted by Crippen LogP contribution is 2.23. The predicted octanol–water partition coefficient (Wildman–Crippen LogP) is 2.51. The van der Waals surface area contributed by atoms with E-state index in [4.69, 9.17) is 4.74 Å². The van der Waals surface area contributed by atoms with Gasteiger partial charge < -0.3 is 9.64 Å². The molecule has 3 aromatic rings. The fourth-order valence-electron chi connectivity index (χ4n) is 3.41. The van der Waals surface area contributed by atoms with Crippen LogP contribution in [0.25, 0.3) is 10.9 Å². The van der Waals surface area contributed by atoms with Gasteiger partial charge in [0.05, 0.1) is 24.6 Å². The quantitative estimate of drug-likeness (QED) is 0.729. The number of aromatic nitrogens is 2. The van der Waals surface area contributed by atoms with E-state index in [1.807, 2.05) is 42.5 Å². The van der Waals surface area contributed by atoms with E-state index < -0.39 is 6.04 Å². The molecule has 0 saturated heterocycles. The number of rotatable bonds is 3. The number of hydrogen-bond donors (Lipinski definition) is 0. The Labute approximate surface area is 150 Å². The van der Waals surface area contributed by atoms with Crippen molar-refractivity contribution in [2.24, 2.45) is 0 Å². The van der Waals surface area contributed by atoms with Crippen molar-refractivity contribution in [3.8, 4) is 5.75 Å². The van der Waals surface area contributed by atoms with Crippen LogP contribution < -0.4 is 10.3 Å². The van der Waals surface area contributed by atoms with Crippen LogP contribution in [0.3, 0.4) is 0 Å². The van der Waals surface area contributed by atoms with Crippen LogP contribution in [-0.2, 0) is 17.9 Å². The first kappa shape index (κ1) is 16.3. The van der Waals surface area contributed by atoms with E-state index in [9.17, 15) is 9.59 Å². The first-order valence-electron chi connectivity index (χ1n) is 8.50. The fourth-order valence-corrected chi connectivity index (χ4v) is 3.41. The average molecular weight is 349 g/mol. The molecule has 0 saturated carbocycles. The van der Waals surface area contributed by atoms with E-state index in [0.717, 1.165) is 11.3 Å². The largest absolute Gasteiger partial charge is 0.497 e. The van der Waals surface area contributed by atoms with E-state index in [1.54, 1.807) is 25.0 Å². The van der Waals surface area contributed by atoms with Crippen molar-refractivity contribution in [3.05, 3.63) is 70.3 Å². The van der Waals surface area contributed by atoms with Crippen molar-refractivity contribution in [1.82, 2.24) is 14.5 Å². The Morgan fingerprint density at radius 3 is 2.58 bits per heavy atom. The Hall–Kier alpha value is -3.15. The molecule has 4 rings (SSSR count). The van der Waals surface area contributed by atoms with Crippen LogP contribution in [0, 0.1) is 0 Å². The average Bonchev–Trinajstić information content (AvgIpc) is 2.66. The zero-order valence-corrected chi connectivity index (χ0v) is 14.7. The lowest BCUT2D eigenvalue weighted by Crippen LogP contribution is -2.46. The number of nitrogens with zero attached hydrogens (tertiary/aromatic N) is 3. The molecule has 1 aliphatic heterocycles. The lowest BCUT2D eigenvalue weighted by molar-refractivity contribution is -0.137. The predicted molar refractivity (Wildman–Crippen MR) is 98.0 cm³/mol. The second kappa shape index (κ2) is 6.29. The lowest BCUT2D eigenvalue weighted by atomic mass is 10.1. The van der Waals surface area contributed by atoms with Crippen LogP contribution in [0.2, 0.25) is 0 Å². The Kier molecular flexibility index (Phi) is 3.95. The summed E-state index contributed by atoms with van der Waals surface area (Å²) in [7, 11) is 1.62. The smallest absolute Gasteiger partial charge is 0.262 e. The molecule has 1 aliphatic rings. The number of para-hydroxylation sites is 1. The molecule has 0 fully saturated rings. The highest BCUT2D eigenvalue weighted by atomic mass is 16.5. The van der Waals surface area contributed by atoms with Gasteiger partial charge in [-0.3, -0.25) is 14.2 Å². The molecule has 0 N–H and O–H groups in total. The molecule has 0 spiro atoms. The van der Waals surface area contributed by atoms with Gasteiger partial charge >= 0.3 is 0 Å². The van der Waals surface area contributed by atoms with Gasteiger partial charge in [-0.25, -0.2) is 4.98 Å². The molecule has 0 bridgehead atoms. The van der Waals surface area contributed by atoms with Gasteiger partial charge in [-0.1, -0.05) is 24.3 Å². The molecule has 2 aromatic carbocycles. The summed E-state index contributed by atoms with van der Waals surface area (Å²) in [6.45, 7) is 2.54. The number of benzene rings is 2. The maximum atomic E-state index is 12.8. The van der Waals surface area contributed by atoms with Crippen molar-refractivity contribution in [1.29, 1.82) is 0 Å². The third-order valence-electron chi connectivity index (χ3n) is 4.80. The molecule has 1 atom stereocenters. The number of carbonyl (C=O) groups is 1. The van der Waals surface area contributed by atoms with Crippen molar-refractivity contribution in [3.63, 3.8) is 0 Å². The Bertz CT molecular complexity index is 1040. The van der Waals surface area contributed by atoms with Gasteiger partial charge in [0.25, 0.3) is 5.56 Å². The summed E-state index contributed by atoms with van der Waals surface area (Å²) in [5, 5.41) is 0.541. The van der Waals surface area contributed by atoms with Gasteiger partial charge in [-0.2, -0.15) is 0 Å². The molecule has 1 amide bonds. The zero-order chi connectivity index (χ0) is 18.3.